The molecule has 0 aromatic carbocycles. The molecule has 0 spiro atoms. The molecule has 0 bridgehead atoms. The van der Waals surface area contributed by atoms with Crippen molar-refractivity contribution in [3.05, 3.63) is 72.9 Å². The van der Waals surface area contributed by atoms with E-state index in [1.54, 1.807) is 0 Å². The van der Waals surface area contributed by atoms with Crippen LogP contribution in [0, 0.1) is 0 Å². The summed E-state index contributed by atoms with van der Waals surface area (Å²) in [5.41, 5.74) is 5.34. The number of rotatable bonds is 37. The molecule has 0 aromatic heterocycles. The second kappa shape index (κ2) is 39.2. The first-order valence-electron chi connectivity index (χ1n) is 20.4. The molecular formula is C43H74NO8P. The van der Waals surface area contributed by atoms with Gasteiger partial charge in [0.05, 0.1) is 13.2 Å². The monoisotopic (exact) mass is 764 g/mol. The topological polar surface area (TPSA) is 134 Å². The Labute approximate surface area is 322 Å². The number of phosphoric acid groups is 1. The lowest BCUT2D eigenvalue weighted by Crippen LogP contribution is -2.29. The van der Waals surface area contributed by atoms with Crippen molar-refractivity contribution in [1.82, 2.24) is 0 Å². The third-order valence-corrected chi connectivity index (χ3v) is 9.06. The van der Waals surface area contributed by atoms with Gasteiger partial charge in [0, 0.05) is 19.4 Å². The third kappa shape index (κ3) is 39.0. The van der Waals surface area contributed by atoms with Crippen LogP contribution in [-0.2, 0) is 32.7 Å². The zero-order valence-corrected chi connectivity index (χ0v) is 34.1. The summed E-state index contributed by atoms with van der Waals surface area (Å²) in [6, 6.07) is 0. The van der Waals surface area contributed by atoms with Gasteiger partial charge in [-0.2, -0.15) is 0 Å². The van der Waals surface area contributed by atoms with Gasteiger partial charge in [-0.25, -0.2) is 4.57 Å². The number of hydrogen-bond donors (Lipinski definition) is 2. The maximum Gasteiger partial charge on any atom is 0.472 e. The third-order valence-electron chi connectivity index (χ3n) is 8.08. The smallest absolute Gasteiger partial charge is 0.462 e. The molecule has 0 aliphatic heterocycles. The van der Waals surface area contributed by atoms with E-state index in [1.165, 1.54) is 32.1 Å². The van der Waals surface area contributed by atoms with Crippen molar-refractivity contribution in [2.45, 2.75) is 161 Å². The number of allylic oxidation sites excluding steroid dienone is 12. The van der Waals surface area contributed by atoms with Gasteiger partial charge in [-0.05, 0) is 83.5 Å². The molecule has 0 fully saturated rings. The lowest BCUT2D eigenvalue weighted by Gasteiger charge is -2.19. The molecule has 304 valence electrons. The van der Waals surface area contributed by atoms with E-state index >= 15 is 0 Å². The zero-order chi connectivity index (χ0) is 38.9. The predicted octanol–water partition coefficient (Wildman–Crippen LogP) is 11.5. The average Bonchev–Trinajstić information content (AvgIpc) is 3.14. The van der Waals surface area contributed by atoms with E-state index in [2.05, 4.69) is 86.8 Å². The molecule has 0 aromatic rings. The molecule has 0 saturated carbocycles. The molecule has 2 atom stereocenters. The summed E-state index contributed by atoms with van der Waals surface area (Å²) in [6.07, 6.45) is 46.4. The summed E-state index contributed by atoms with van der Waals surface area (Å²) in [5, 5.41) is 0. The Hall–Kier alpha value is -2.55. The van der Waals surface area contributed by atoms with Gasteiger partial charge in [0.15, 0.2) is 6.10 Å². The Kier molecular flexibility index (Phi) is 37.3. The van der Waals surface area contributed by atoms with Crippen LogP contribution in [0.5, 0.6) is 0 Å². The molecule has 0 radical (unpaired) electrons. The average molecular weight is 764 g/mol. The quantitative estimate of drug-likeness (QED) is 0.0274. The van der Waals surface area contributed by atoms with E-state index in [0.717, 1.165) is 83.5 Å². The van der Waals surface area contributed by atoms with E-state index in [0.29, 0.717) is 12.8 Å². The number of carbonyl (C=O) groups excluding carboxylic acids is 2. The van der Waals surface area contributed by atoms with Crippen LogP contribution in [0.25, 0.3) is 0 Å². The van der Waals surface area contributed by atoms with Gasteiger partial charge < -0.3 is 20.1 Å². The highest BCUT2D eigenvalue weighted by Crippen LogP contribution is 2.43. The Bertz CT molecular complexity index is 1100. The van der Waals surface area contributed by atoms with Crippen molar-refractivity contribution < 1.29 is 37.6 Å². The Morgan fingerprint density at radius 2 is 1.04 bits per heavy atom. The first-order chi connectivity index (χ1) is 25.8. The van der Waals surface area contributed by atoms with Crippen molar-refractivity contribution in [3.8, 4) is 0 Å². The summed E-state index contributed by atoms with van der Waals surface area (Å²) in [5.74, 6) is -0.884. The largest absolute Gasteiger partial charge is 0.472 e. The van der Waals surface area contributed by atoms with E-state index < -0.39 is 32.5 Å². The predicted molar refractivity (Wildman–Crippen MR) is 219 cm³/mol. The SMILES string of the molecule is CCC=CCC=CCC=CCC=CCC=CCCCCCC(=O)O[C@H](COC(=O)CCCCCCCC=CCCCCCC)COP(=O)(O)OCCN. The summed E-state index contributed by atoms with van der Waals surface area (Å²) in [7, 11) is -4.39. The second-order valence-electron chi connectivity index (χ2n) is 13.1. The molecule has 3 N–H and O–H groups in total. The molecule has 0 aliphatic rings. The van der Waals surface area contributed by atoms with Crippen molar-refractivity contribution >= 4 is 19.8 Å². The molecule has 1 unspecified atom stereocenters. The van der Waals surface area contributed by atoms with Crippen molar-refractivity contribution in [2.75, 3.05) is 26.4 Å². The van der Waals surface area contributed by atoms with Gasteiger partial charge in [0.25, 0.3) is 0 Å². The molecule has 10 heteroatoms. The minimum absolute atomic E-state index is 0.0429. The summed E-state index contributed by atoms with van der Waals surface area (Å²) < 4.78 is 32.7. The zero-order valence-electron chi connectivity index (χ0n) is 33.2. The van der Waals surface area contributed by atoms with Gasteiger partial charge in [-0.3, -0.25) is 18.6 Å². The molecule has 0 aliphatic carbocycles. The highest BCUT2D eigenvalue weighted by molar-refractivity contribution is 7.47. The van der Waals surface area contributed by atoms with E-state index in [1.807, 2.05) is 0 Å². The summed E-state index contributed by atoms with van der Waals surface area (Å²) in [6.45, 7) is 3.53. The van der Waals surface area contributed by atoms with Gasteiger partial charge in [0.2, 0.25) is 0 Å². The number of ether oxygens (including phenoxy) is 2. The highest BCUT2D eigenvalue weighted by Gasteiger charge is 2.25. The molecular weight excluding hydrogens is 689 g/mol. The Morgan fingerprint density at radius 3 is 1.58 bits per heavy atom. The van der Waals surface area contributed by atoms with E-state index in [-0.39, 0.29) is 32.6 Å². The molecule has 0 heterocycles. The van der Waals surface area contributed by atoms with E-state index in [4.69, 9.17) is 24.3 Å². The van der Waals surface area contributed by atoms with Crippen LogP contribution in [0.2, 0.25) is 0 Å². The highest BCUT2D eigenvalue weighted by atomic mass is 31.2. The maximum atomic E-state index is 12.6. The number of unbranched alkanes of at least 4 members (excludes halogenated alkanes) is 12. The first-order valence-corrected chi connectivity index (χ1v) is 21.9. The molecule has 0 amide bonds. The summed E-state index contributed by atoms with van der Waals surface area (Å²) >= 11 is 0. The number of hydrogen-bond acceptors (Lipinski definition) is 8. The van der Waals surface area contributed by atoms with Gasteiger partial charge >= 0.3 is 19.8 Å². The van der Waals surface area contributed by atoms with Crippen LogP contribution < -0.4 is 5.73 Å². The Balaban J connectivity index is 4.29. The van der Waals surface area contributed by atoms with Crippen LogP contribution in [0.1, 0.15) is 155 Å². The van der Waals surface area contributed by atoms with Crippen LogP contribution >= 0.6 is 7.82 Å². The fraction of sp³-hybridized carbons (Fsp3) is 0.674. The van der Waals surface area contributed by atoms with Crippen LogP contribution in [-0.4, -0.2) is 49.3 Å². The maximum absolute atomic E-state index is 12.6. The summed E-state index contributed by atoms with van der Waals surface area (Å²) in [4.78, 5) is 34.8. The van der Waals surface area contributed by atoms with Gasteiger partial charge in [-0.15, -0.1) is 0 Å². The van der Waals surface area contributed by atoms with E-state index in [9.17, 15) is 19.0 Å². The second-order valence-corrected chi connectivity index (χ2v) is 14.6. The van der Waals surface area contributed by atoms with Crippen molar-refractivity contribution in [1.29, 1.82) is 0 Å². The molecule has 0 rings (SSSR count). The minimum atomic E-state index is -4.39. The normalized spacial score (nSPS) is 14.1. The molecule has 0 saturated heterocycles. The van der Waals surface area contributed by atoms with Crippen LogP contribution in [0.3, 0.4) is 0 Å². The van der Waals surface area contributed by atoms with Gasteiger partial charge in [-0.1, -0.05) is 132 Å². The number of carbonyl (C=O) groups is 2. The van der Waals surface area contributed by atoms with Gasteiger partial charge in [0.1, 0.15) is 6.61 Å². The van der Waals surface area contributed by atoms with Crippen LogP contribution in [0.4, 0.5) is 0 Å². The lowest BCUT2D eigenvalue weighted by molar-refractivity contribution is -0.161. The van der Waals surface area contributed by atoms with Crippen molar-refractivity contribution in [2.24, 2.45) is 5.73 Å². The first kappa shape index (κ1) is 50.5. The molecule has 53 heavy (non-hydrogen) atoms. The van der Waals surface area contributed by atoms with Crippen LogP contribution in [0.15, 0.2) is 72.9 Å². The number of phosphoric ester groups is 1. The fourth-order valence-electron chi connectivity index (χ4n) is 5.07. The number of esters is 2. The number of nitrogens with two attached hydrogens (primary N) is 1. The fourth-order valence-corrected chi connectivity index (χ4v) is 5.83. The minimum Gasteiger partial charge on any atom is -0.462 e. The Morgan fingerprint density at radius 1 is 0.585 bits per heavy atom. The molecule has 9 nitrogen and oxygen atoms in total. The standard InChI is InChI=1S/C43H74NO8P/c1-3-5-7-9-11-13-15-17-18-19-20-21-22-24-26-28-30-32-34-36-43(46)52-41(40-51-53(47,48)50-38-37-44)39-49-42(45)35-33-31-29-27-25-23-16-14-12-10-8-6-4-2/h5,7,11,13-14,16-18,20-21,24,26,41H,3-4,6,8-10,12,15,19,22-23,25,27-40,44H2,1-2H3,(H,47,48)/t41-/m1/s1. The lowest BCUT2D eigenvalue weighted by atomic mass is 10.1. The van der Waals surface area contributed by atoms with Crippen molar-refractivity contribution in [3.63, 3.8) is 0 Å².